The third-order valence-corrected chi connectivity index (χ3v) is 4.91. The molecule has 25 heavy (non-hydrogen) atoms. The van der Waals surface area contributed by atoms with E-state index >= 15 is 0 Å². The summed E-state index contributed by atoms with van der Waals surface area (Å²) < 4.78 is 7.05. The molecule has 8 heteroatoms. The normalized spacial score (nSPS) is 21.5. The Labute approximate surface area is 148 Å². The first-order valence-electron chi connectivity index (χ1n) is 8.86. The Kier molecular flexibility index (Phi) is 5.70. The van der Waals surface area contributed by atoms with Gasteiger partial charge in [0.15, 0.2) is 0 Å². The van der Waals surface area contributed by atoms with E-state index in [1.165, 1.54) is 0 Å². The molecule has 0 spiro atoms. The van der Waals surface area contributed by atoms with Crippen molar-refractivity contribution in [3.8, 4) is 0 Å². The lowest BCUT2D eigenvalue weighted by Gasteiger charge is -2.32. The summed E-state index contributed by atoms with van der Waals surface area (Å²) in [5.74, 6) is 0.175. The number of carbonyl (C=O) groups is 2. The molecule has 0 N–H and O–H groups in total. The Morgan fingerprint density at radius 3 is 2.76 bits per heavy atom. The van der Waals surface area contributed by atoms with Crippen molar-refractivity contribution in [3.05, 3.63) is 18.0 Å². The van der Waals surface area contributed by atoms with Gasteiger partial charge in [-0.05, 0) is 19.4 Å². The quantitative estimate of drug-likeness (QED) is 0.730. The third-order valence-electron chi connectivity index (χ3n) is 4.91. The zero-order valence-electron chi connectivity index (χ0n) is 15.1. The second-order valence-electron chi connectivity index (χ2n) is 6.84. The van der Waals surface area contributed by atoms with Crippen LogP contribution in [0, 0.1) is 0 Å². The molecule has 0 saturated carbocycles. The molecular weight excluding hydrogens is 322 g/mol. The molecule has 1 aromatic heterocycles. The van der Waals surface area contributed by atoms with Gasteiger partial charge in [-0.15, -0.1) is 0 Å². The van der Waals surface area contributed by atoms with E-state index in [0.717, 1.165) is 24.9 Å². The minimum atomic E-state index is -0.172. The minimum absolute atomic E-state index is 0.0329. The van der Waals surface area contributed by atoms with Gasteiger partial charge in [0.25, 0.3) is 0 Å². The fourth-order valence-electron chi connectivity index (χ4n) is 3.50. The smallest absolute Gasteiger partial charge is 0.240 e. The molecule has 2 saturated heterocycles. The molecule has 2 aliphatic rings. The van der Waals surface area contributed by atoms with Crippen LogP contribution in [0.1, 0.15) is 18.4 Å². The van der Waals surface area contributed by atoms with Crippen molar-refractivity contribution in [2.75, 3.05) is 46.4 Å². The van der Waals surface area contributed by atoms with Gasteiger partial charge in [-0.2, -0.15) is 5.10 Å². The molecule has 0 aliphatic carbocycles. The number of carbonyl (C=O) groups excluding carboxylic acids is 2. The highest BCUT2D eigenvalue weighted by Gasteiger charge is 2.35. The molecule has 0 aromatic carbocycles. The van der Waals surface area contributed by atoms with Crippen molar-refractivity contribution in [2.45, 2.75) is 25.4 Å². The van der Waals surface area contributed by atoms with Crippen LogP contribution in [0.15, 0.2) is 12.4 Å². The van der Waals surface area contributed by atoms with Gasteiger partial charge in [0.05, 0.1) is 32.0 Å². The Bertz CT molecular complexity index is 611. The lowest BCUT2D eigenvalue weighted by atomic mass is 10.2. The molecule has 0 radical (unpaired) electrons. The van der Waals surface area contributed by atoms with Crippen LogP contribution in [0.3, 0.4) is 0 Å². The number of likely N-dealkylation sites (tertiary alicyclic amines) is 1. The monoisotopic (exact) mass is 349 g/mol. The second kappa shape index (κ2) is 7.97. The highest BCUT2D eigenvalue weighted by atomic mass is 16.5. The van der Waals surface area contributed by atoms with Gasteiger partial charge in [0, 0.05) is 45.5 Å². The average molecular weight is 349 g/mol. The van der Waals surface area contributed by atoms with Crippen LogP contribution in [0.2, 0.25) is 0 Å². The molecule has 2 aliphatic heterocycles. The Morgan fingerprint density at radius 2 is 2.08 bits per heavy atom. The molecule has 1 atom stereocenters. The van der Waals surface area contributed by atoms with Crippen LogP contribution in [0.4, 0.5) is 0 Å². The Balaban J connectivity index is 1.54. The maximum absolute atomic E-state index is 12.7. The first-order chi connectivity index (χ1) is 12.0. The number of amides is 2. The van der Waals surface area contributed by atoms with Crippen molar-refractivity contribution in [3.63, 3.8) is 0 Å². The lowest BCUT2D eigenvalue weighted by molar-refractivity contribution is -0.141. The summed E-state index contributed by atoms with van der Waals surface area (Å²) in [6, 6.07) is -0.172. The zero-order chi connectivity index (χ0) is 17.8. The van der Waals surface area contributed by atoms with E-state index in [0.29, 0.717) is 32.8 Å². The number of aromatic nitrogens is 2. The summed E-state index contributed by atoms with van der Waals surface area (Å²) in [6.45, 7) is 4.12. The molecule has 3 rings (SSSR count). The van der Waals surface area contributed by atoms with E-state index in [4.69, 9.17) is 4.74 Å². The van der Waals surface area contributed by atoms with Crippen LogP contribution in [0.5, 0.6) is 0 Å². The topological polar surface area (TPSA) is 70.9 Å². The van der Waals surface area contributed by atoms with E-state index < -0.39 is 0 Å². The van der Waals surface area contributed by atoms with Gasteiger partial charge < -0.3 is 14.5 Å². The number of likely N-dealkylation sites (N-methyl/N-ethyl adjacent to an activating group) is 1. The average Bonchev–Trinajstić information content (AvgIpc) is 3.24. The lowest BCUT2D eigenvalue weighted by Crippen LogP contribution is -2.51. The van der Waals surface area contributed by atoms with Crippen LogP contribution in [-0.2, 0) is 27.9 Å². The summed E-state index contributed by atoms with van der Waals surface area (Å²) in [5, 5.41) is 4.13. The van der Waals surface area contributed by atoms with E-state index in [1.807, 2.05) is 23.0 Å². The third kappa shape index (κ3) is 4.38. The fourth-order valence-corrected chi connectivity index (χ4v) is 3.50. The van der Waals surface area contributed by atoms with E-state index in [9.17, 15) is 9.59 Å². The molecular formula is C17H27N5O3. The number of hydrogen-bond donors (Lipinski definition) is 0. The summed E-state index contributed by atoms with van der Waals surface area (Å²) in [7, 11) is 3.65. The van der Waals surface area contributed by atoms with E-state index in [1.54, 1.807) is 22.8 Å². The Morgan fingerprint density at radius 1 is 1.32 bits per heavy atom. The molecule has 0 unspecified atom stereocenters. The maximum atomic E-state index is 12.7. The van der Waals surface area contributed by atoms with Crippen molar-refractivity contribution in [2.24, 2.45) is 7.05 Å². The molecule has 8 nitrogen and oxygen atoms in total. The highest BCUT2D eigenvalue weighted by molar-refractivity contribution is 5.84. The predicted molar refractivity (Wildman–Crippen MR) is 91.7 cm³/mol. The van der Waals surface area contributed by atoms with Gasteiger partial charge >= 0.3 is 0 Å². The van der Waals surface area contributed by atoms with Crippen molar-refractivity contribution >= 4 is 11.8 Å². The number of morpholine rings is 1. The Hall–Kier alpha value is -1.93. The molecule has 1 aromatic rings. The van der Waals surface area contributed by atoms with Crippen LogP contribution in [-0.4, -0.2) is 88.8 Å². The van der Waals surface area contributed by atoms with Crippen LogP contribution in [0.25, 0.3) is 0 Å². The second-order valence-corrected chi connectivity index (χ2v) is 6.84. The first kappa shape index (κ1) is 17.9. The van der Waals surface area contributed by atoms with Gasteiger partial charge in [0.1, 0.15) is 0 Å². The molecule has 138 valence electrons. The minimum Gasteiger partial charge on any atom is -0.378 e. The fraction of sp³-hybridized carbons (Fsp3) is 0.706. The van der Waals surface area contributed by atoms with Crippen LogP contribution >= 0.6 is 0 Å². The van der Waals surface area contributed by atoms with Gasteiger partial charge in [-0.25, -0.2) is 0 Å². The largest absolute Gasteiger partial charge is 0.378 e. The number of aryl methyl sites for hydroxylation is 1. The number of rotatable bonds is 5. The number of nitrogens with zero attached hydrogens (tertiary/aromatic N) is 5. The van der Waals surface area contributed by atoms with Crippen molar-refractivity contribution in [1.82, 2.24) is 24.5 Å². The van der Waals surface area contributed by atoms with Crippen molar-refractivity contribution < 1.29 is 14.3 Å². The number of hydrogen-bond acceptors (Lipinski definition) is 5. The van der Waals surface area contributed by atoms with Crippen molar-refractivity contribution in [1.29, 1.82) is 0 Å². The number of ether oxygens (including phenoxy) is 1. The highest BCUT2D eigenvalue weighted by Crippen LogP contribution is 2.20. The summed E-state index contributed by atoms with van der Waals surface area (Å²) >= 11 is 0. The SMILES string of the molecule is CN(Cc1cnn(C)c1)C(=O)CN1CCC[C@H]1C(=O)N1CCOCC1. The molecule has 3 heterocycles. The summed E-state index contributed by atoms with van der Waals surface area (Å²) in [6.07, 6.45) is 5.46. The van der Waals surface area contributed by atoms with Crippen LogP contribution < -0.4 is 0 Å². The predicted octanol–water partition coefficient (Wildman–Crippen LogP) is -0.298. The zero-order valence-corrected chi connectivity index (χ0v) is 15.1. The van der Waals surface area contributed by atoms with E-state index in [2.05, 4.69) is 5.10 Å². The summed E-state index contributed by atoms with van der Waals surface area (Å²) in [4.78, 5) is 30.9. The maximum Gasteiger partial charge on any atom is 0.240 e. The van der Waals surface area contributed by atoms with E-state index in [-0.39, 0.29) is 24.4 Å². The molecule has 2 amide bonds. The van der Waals surface area contributed by atoms with Gasteiger partial charge in [-0.1, -0.05) is 0 Å². The first-order valence-corrected chi connectivity index (χ1v) is 8.86. The van der Waals surface area contributed by atoms with Gasteiger partial charge in [0.2, 0.25) is 11.8 Å². The summed E-state index contributed by atoms with van der Waals surface area (Å²) in [5.41, 5.74) is 1.00. The molecule has 2 fully saturated rings. The molecule has 0 bridgehead atoms. The standard InChI is InChI=1S/C17H27N5O3/c1-19(11-14-10-18-20(2)12-14)16(23)13-22-5-3-4-15(22)17(24)21-6-8-25-9-7-21/h10,12,15H,3-9,11,13H2,1-2H3/t15-/m0/s1. The van der Waals surface area contributed by atoms with Gasteiger partial charge in [-0.3, -0.25) is 19.2 Å².